The summed E-state index contributed by atoms with van der Waals surface area (Å²) in [4.78, 5) is 11.2. The van der Waals surface area contributed by atoms with Crippen molar-refractivity contribution in [3.05, 3.63) is 24.3 Å². The van der Waals surface area contributed by atoms with E-state index in [9.17, 15) is 4.79 Å². The molecule has 1 fully saturated rings. The van der Waals surface area contributed by atoms with Gasteiger partial charge in [0.25, 0.3) is 0 Å². The Hall–Kier alpha value is -1.71. The summed E-state index contributed by atoms with van der Waals surface area (Å²) in [5.41, 5.74) is 1.95. The standard InChI is InChI=1S/C16H25N3O/c1-3-12-6-4-5-7-15(12)18-13-8-10-14(11-9-13)19-16(20)17-2/h8-12,15,18H,3-7H2,1-2H3,(H2,17,19,20). The molecule has 2 rings (SSSR count). The zero-order valence-corrected chi connectivity index (χ0v) is 12.4. The largest absolute Gasteiger partial charge is 0.382 e. The third-order valence-electron chi connectivity index (χ3n) is 4.16. The lowest BCUT2D eigenvalue weighted by Gasteiger charge is -2.32. The quantitative estimate of drug-likeness (QED) is 0.782. The number of nitrogens with one attached hydrogen (secondary N) is 3. The van der Waals surface area contributed by atoms with Crippen LogP contribution in [0, 0.1) is 5.92 Å². The summed E-state index contributed by atoms with van der Waals surface area (Å²) in [6, 6.07) is 8.33. The average Bonchev–Trinajstić information content (AvgIpc) is 2.49. The highest BCUT2D eigenvalue weighted by atomic mass is 16.2. The third kappa shape index (κ3) is 3.89. The normalized spacial score (nSPS) is 22.1. The molecular weight excluding hydrogens is 250 g/mol. The van der Waals surface area contributed by atoms with E-state index in [0.29, 0.717) is 6.04 Å². The van der Waals surface area contributed by atoms with Crippen molar-refractivity contribution in [2.45, 2.75) is 45.1 Å². The fraction of sp³-hybridized carbons (Fsp3) is 0.562. The SMILES string of the molecule is CCC1CCCCC1Nc1ccc(NC(=O)NC)cc1. The number of carbonyl (C=O) groups excluding carboxylic acids is 1. The predicted molar refractivity (Wildman–Crippen MR) is 84.2 cm³/mol. The molecule has 20 heavy (non-hydrogen) atoms. The molecule has 0 bridgehead atoms. The first-order chi connectivity index (χ1) is 9.72. The molecule has 3 N–H and O–H groups in total. The van der Waals surface area contributed by atoms with Crippen molar-refractivity contribution in [1.82, 2.24) is 5.32 Å². The molecular formula is C16H25N3O. The highest BCUT2D eigenvalue weighted by Crippen LogP contribution is 2.29. The number of hydrogen-bond donors (Lipinski definition) is 3. The van der Waals surface area contributed by atoms with Crippen molar-refractivity contribution in [3.8, 4) is 0 Å². The Labute approximate surface area is 121 Å². The lowest BCUT2D eigenvalue weighted by Crippen LogP contribution is -2.31. The van der Waals surface area contributed by atoms with Gasteiger partial charge in [-0.2, -0.15) is 0 Å². The lowest BCUT2D eigenvalue weighted by atomic mass is 9.83. The van der Waals surface area contributed by atoms with Crippen LogP contribution in [0.25, 0.3) is 0 Å². The van der Waals surface area contributed by atoms with Crippen molar-refractivity contribution in [2.75, 3.05) is 17.7 Å². The van der Waals surface area contributed by atoms with Gasteiger partial charge in [0.1, 0.15) is 0 Å². The predicted octanol–water partition coefficient (Wildman–Crippen LogP) is 3.82. The van der Waals surface area contributed by atoms with Crippen LogP contribution in [-0.4, -0.2) is 19.1 Å². The Kier molecular flexibility index (Phi) is 5.27. The van der Waals surface area contributed by atoms with Gasteiger partial charge >= 0.3 is 6.03 Å². The van der Waals surface area contributed by atoms with E-state index in [2.05, 4.69) is 22.9 Å². The fourth-order valence-corrected chi connectivity index (χ4v) is 2.94. The topological polar surface area (TPSA) is 53.2 Å². The van der Waals surface area contributed by atoms with Gasteiger partial charge in [0.2, 0.25) is 0 Å². The summed E-state index contributed by atoms with van der Waals surface area (Å²) in [6.07, 6.45) is 6.53. The first-order valence-corrected chi connectivity index (χ1v) is 7.58. The first-order valence-electron chi connectivity index (χ1n) is 7.58. The smallest absolute Gasteiger partial charge is 0.318 e. The molecule has 1 aromatic carbocycles. The molecule has 4 nitrogen and oxygen atoms in total. The van der Waals surface area contributed by atoms with Crippen LogP contribution in [0.1, 0.15) is 39.0 Å². The van der Waals surface area contributed by atoms with E-state index in [1.807, 2.05) is 24.3 Å². The van der Waals surface area contributed by atoms with Crippen LogP contribution in [0.4, 0.5) is 16.2 Å². The Morgan fingerprint density at radius 2 is 1.80 bits per heavy atom. The Balaban J connectivity index is 1.94. The van der Waals surface area contributed by atoms with E-state index < -0.39 is 0 Å². The minimum absolute atomic E-state index is 0.191. The van der Waals surface area contributed by atoms with Crippen LogP contribution in [0.15, 0.2) is 24.3 Å². The maximum absolute atomic E-state index is 11.2. The van der Waals surface area contributed by atoms with Crippen LogP contribution >= 0.6 is 0 Å². The number of hydrogen-bond acceptors (Lipinski definition) is 2. The molecule has 2 atom stereocenters. The summed E-state index contributed by atoms with van der Waals surface area (Å²) in [7, 11) is 1.61. The van der Waals surface area contributed by atoms with Crippen LogP contribution < -0.4 is 16.0 Å². The van der Waals surface area contributed by atoms with Gasteiger partial charge in [-0.1, -0.05) is 26.2 Å². The minimum Gasteiger partial charge on any atom is -0.382 e. The zero-order chi connectivity index (χ0) is 14.4. The second-order valence-corrected chi connectivity index (χ2v) is 5.49. The Morgan fingerprint density at radius 3 is 2.45 bits per heavy atom. The molecule has 0 saturated heterocycles. The molecule has 4 heteroatoms. The molecule has 110 valence electrons. The van der Waals surface area contributed by atoms with Crippen molar-refractivity contribution in [1.29, 1.82) is 0 Å². The van der Waals surface area contributed by atoms with Gasteiger partial charge in [0.15, 0.2) is 0 Å². The molecule has 2 amide bonds. The highest BCUT2D eigenvalue weighted by molar-refractivity contribution is 5.89. The van der Waals surface area contributed by atoms with E-state index in [1.54, 1.807) is 7.05 Å². The first kappa shape index (κ1) is 14.7. The second kappa shape index (κ2) is 7.17. The van der Waals surface area contributed by atoms with E-state index in [4.69, 9.17) is 0 Å². The number of benzene rings is 1. The van der Waals surface area contributed by atoms with E-state index in [-0.39, 0.29) is 6.03 Å². The highest BCUT2D eigenvalue weighted by Gasteiger charge is 2.23. The second-order valence-electron chi connectivity index (χ2n) is 5.49. The van der Waals surface area contributed by atoms with Gasteiger partial charge in [-0.3, -0.25) is 0 Å². The van der Waals surface area contributed by atoms with Crippen molar-refractivity contribution in [2.24, 2.45) is 5.92 Å². The lowest BCUT2D eigenvalue weighted by molar-refractivity contribution is 0.254. The van der Waals surface area contributed by atoms with Gasteiger partial charge < -0.3 is 16.0 Å². The molecule has 0 aliphatic heterocycles. The zero-order valence-electron chi connectivity index (χ0n) is 12.4. The number of carbonyl (C=O) groups is 1. The van der Waals surface area contributed by atoms with Crippen LogP contribution in [0.2, 0.25) is 0 Å². The number of amides is 2. The van der Waals surface area contributed by atoms with Crippen LogP contribution in [-0.2, 0) is 0 Å². The third-order valence-corrected chi connectivity index (χ3v) is 4.16. The average molecular weight is 275 g/mol. The molecule has 1 aromatic rings. The molecule has 0 heterocycles. The van der Waals surface area contributed by atoms with Crippen molar-refractivity contribution >= 4 is 17.4 Å². The summed E-state index contributed by atoms with van der Waals surface area (Å²) in [5.74, 6) is 0.785. The Morgan fingerprint density at radius 1 is 1.15 bits per heavy atom. The molecule has 2 unspecified atom stereocenters. The summed E-state index contributed by atoms with van der Waals surface area (Å²) in [5, 5.41) is 8.95. The van der Waals surface area contributed by atoms with Crippen LogP contribution in [0.3, 0.4) is 0 Å². The van der Waals surface area contributed by atoms with Gasteiger partial charge in [0, 0.05) is 24.5 Å². The summed E-state index contributed by atoms with van der Waals surface area (Å²) >= 11 is 0. The monoisotopic (exact) mass is 275 g/mol. The number of anilines is 2. The van der Waals surface area contributed by atoms with Crippen molar-refractivity contribution in [3.63, 3.8) is 0 Å². The Bertz CT molecular complexity index is 430. The molecule has 0 spiro atoms. The number of rotatable bonds is 4. The van der Waals surface area contributed by atoms with Gasteiger partial charge in [-0.05, 0) is 43.0 Å². The van der Waals surface area contributed by atoms with E-state index in [1.165, 1.54) is 32.1 Å². The summed E-state index contributed by atoms with van der Waals surface area (Å²) < 4.78 is 0. The van der Waals surface area contributed by atoms with E-state index in [0.717, 1.165) is 17.3 Å². The fourth-order valence-electron chi connectivity index (χ4n) is 2.94. The van der Waals surface area contributed by atoms with Crippen LogP contribution in [0.5, 0.6) is 0 Å². The minimum atomic E-state index is -0.191. The molecule has 0 radical (unpaired) electrons. The molecule has 0 aromatic heterocycles. The van der Waals surface area contributed by atoms with Gasteiger partial charge in [-0.25, -0.2) is 4.79 Å². The maximum Gasteiger partial charge on any atom is 0.318 e. The maximum atomic E-state index is 11.2. The molecule has 1 aliphatic carbocycles. The summed E-state index contributed by atoms with van der Waals surface area (Å²) in [6.45, 7) is 2.28. The van der Waals surface area contributed by atoms with Gasteiger partial charge in [-0.15, -0.1) is 0 Å². The molecule has 1 saturated carbocycles. The molecule has 1 aliphatic rings. The number of urea groups is 1. The van der Waals surface area contributed by atoms with Crippen molar-refractivity contribution < 1.29 is 4.79 Å². The van der Waals surface area contributed by atoms with Gasteiger partial charge in [0.05, 0.1) is 0 Å². The van der Waals surface area contributed by atoms with E-state index >= 15 is 0 Å².